The van der Waals surface area contributed by atoms with Gasteiger partial charge in [0.05, 0.1) is 12.1 Å². The van der Waals surface area contributed by atoms with Crippen molar-refractivity contribution in [1.82, 2.24) is 0 Å². The molecule has 0 aromatic rings. The summed E-state index contributed by atoms with van der Waals surface area (Å²) >= 11 is 0. The minimum Gasteiger partial charge on any atom is -0.459 e. The summed E-state index contributed by atoms with van der Waals surface area (Å²) in [6.45, 7) is 4.18. The van der Waals surface area contributed by atoms with Gasteiger partial charge in [-0.15, -0.1) is 0 Å². The number of hydrogen-bond acceptors (Lipinski definition) is 6. The van der Waals surface area contributed by atoms with E-state index in [1.165, 1.54) is 13.8 Å². The molecule has 0 N–H and O–H groups in total. The lowest BCUT2D eigenvalue weighted by atomic mass is 10.0. The van der Waals surface area contributed by atoms with Crippen molar-refractivity contribution in [3.8, 4) is 0 Å². The summed E-state index contributed by atoms with van der Waals surface area (Å²) < 4.78 is 15.3. The lowest BCUT2D eigenvalue weighted by Gasteiger charge is -2.37. The van der Waals surface area contributed by atoms with Gasteiger partial charge in [-0.3, -0.25) is 9.59 Å². The van der Waals surface area contributed by atoms with Crippen LogP contribution in [0.25, 0.3) is 10.4 Å². The van der Waals surface area contributed by atoms with Gasteiger partial charge >= 0.3 is 11.9 Å². The SMILES string of the molecule is CC(=O)O[C@@H]1C[C@@H](N=[N+]=[N-])[C@H](OC(C)=O)[C@@H](C)O1. The average molecular weight is 257 g/mol. The fourth-order valence-corrected chi connectivity index (χ4v) is 1.82. The van der Waals surface area contributed by atoms with E-state index in [1.807, 2.05) is 0 Å². The Bertz CT molecular complexity index is 380. The van der Waals surface area contributed by atoms with Gasteiger partial charge in [0.1, 0.15) is 6.10 Å². The molecule has 1 heterocycles. The van der Waals surface area contributed by atoms with E-state index in [-0.39, 0.29) is 6.42 Å². The van der Waals surface area contributed by atoms with Crippen LogP contribution in [0.3, 0.4) is 0 Å². The maximum Gasteiger partial charge on any atom is 0.304 e. The van der Waals surface area contributed by atoms with Crippen molar-refractivity contribution >= 4 is 11.9 Å². The number of esters is 2. The summed E-state index contributed by atoms with van der Waals surface area (Å²) in [6, 6.07) is -0.619. The molecule has 8 heteroatoms. The zero-order chi connectivity index (χ0) is 13.7. The minimum atomic E-state index is -0.792. The maximum atomic E-state index is 11.0. The fourth-order valence-electron chi connectivity index (χ4n) is 1.82. The van der Waals surface area contributed by atoms with Crippen LogP contribution in [0.5, 0.6) is 0 Å². The molecule has 1 rings (SSSR count). The Kier molecular flexibility index (Phi) is 4.94. The molecule has 8 nitrogen and oxygen atoms in total. The summed E-state index contributed by atoms with van der Waals surface area (Å²) in [5, 5.41) is 3.56. The Balaban J connectivity index is 2.78. The molecule has 0 unspecified atom stereocenters. The molecule has 0 saturated carbocycles. The highest BCUT2D eigenvalue weighted by molar-refractivity contribution is 5.66. The van der Waals surface area contributed by atoms with E-state index in [1.54, 1.807) is 6.92 Å². The van der Waals surface area contributed by atoms with Crippen molar-refractivity contribution in [2.75, 3.05) is 0 Å². The van der Waals surface area contributed by atoms with Gasteiger partial charge in [0.25, 0.3) is 0 Å². The van der Waals surface area contributed by atoms with Crippen molar-refractivity contribution in [3.63, 3.8) is 0 Å². The smallest absolute Gasteiger partial charge is 0.304 e. The topological polar surface area (TPSA) is 111 Å². The van der Waals surface area contributed by atoms with Gasteiger partial charge in [-0.25, -0.2) is 0 Å². The molecular weight excluding hydrogens is 242 g/mol. The van der Waals surface area contributed by atoms with Gasteiger partial charge in [-0.1, -0.05) is 5.11 Å². The first-order valence-electron chi connectivity index (χ1n) is 5.48. The van der Waals surface area contributed by atoms with E-state index in [4.69, 9.17) is 19.7 Å². The van der Waals surface area contributed by atoms with Gasteiger partial charge in [0, 0.05) is 25.2 Å². The van der Waals surface area contributed by atoms with Gasteiger partial charge < -0.3 is 14.2 Å². The van der Waals surface area contributed by atoms with Crippen LogP contribution in [0.1, 0.15) is 27.2 Å². The molecule has 0 aromatic carbocycles. The van der Waals surface area contributed by atoms with Crippen molar-refractivity contribution in [3.05, 3.63) is 10.4 Å². The second-order valence-electron chi connectivity index (χ2n) is 3.96. The average Bonchev–Trinajstić information content (AvgIpc) is 2.22. The Morgan fingerprint density at radius 3 is 2.44 bits per heavy atom. The van der Waals surface area contributed by atoms with Crippen molar-refractivity contribution < 1.29 is 23.8 Å². The Hall–Kier alpha value is -1.79. The molecule has 1 aliphatic rings. The molecule has 1 saturated heterocycles. The zero-order valence-corrected chi connectivity index (χ0v) is 10.4. The summed E-state index contributed by atoms with van der Waals surface area (Å²) in [5.74, 6) is -0.975. The van der Waals surface area contributed by atoms with E-state index >= 15 is 0 Å². The quantitative estimate of drug-likeness (QED) is 0.327. The molecule has 0 bridgehead atoms. The molecule has 4 atom stereocenters. The minimum absolute atomic E-state index is 0.159. The summed E-state index contributed by atoms with van der Waals surface area (Å²) in [4.78, 5) is 24.5. The van der Waals surface area contributed by atoms with Crippen LogP contribution in [-0.2, 0) is 23.8 Å². The molecule has 0 aliphatic carbocycles. The number of carbonyl (C=O) groups excluding carboxylic acids is 2. The van der Waals surface area contributed by atoms with Crippen LogP contribution >= 0.6 is 0 Å². The van der Waals surface area contributed by atoms with Crippen molar-refractivity contribution in [2.45, 2.75) is 51.7 Å². The molecule has 0 aromatic heterocycles. The third-order valence-corrected chi connectivity index (χ3v) is 2.44. The highest BCUT2D eigenvalue weighted by Gasteiger charge is 2.39. The van der Waals surface area contributed by atoms with Crippen LogP contribution in [0, 0.1) is 0 Å². The van der Waals surface area contributed by atoms with E-state index in [0.29, 0.717) is 0 Å². The first-order valence-corrected chi connectivity index (χ1v) is 5.48. The summed E-state index contributed by atoms with van der Waals surface area (Å²) in [7, 11) is 0. The van der Waals surface area contributed by atoms with E-state index in [9.17, 15) is 9.59 Å². The van der Waals surface area contributed by atoms with Gasteiger partial charge in [-0.2, -0.15) is 0 Å². The van der Waals surface area contributed by atoms with Gasteiger partial charge in [0.2, 0.25) is 6.29 Å². The zero-order valence-electron chi connectivity index (χ0n) is 10.4. The number of azide groups is 1. The number of carbonyl (C=O) groups is 2. The summed E-state index contributed by atoms with van der Waals surface area (Å²) in [5.41, 5.74) is 8.49. The third-order valence-electron chi connectivity index (χ3n) is 2.44. The van der Waals surface area contributed by atoms with E-state index in [0.717, 1.165) is 0 Å². The second kappa shape index (κ2) is 6.23. The largest absolute Gasteiger partial charge is 0.459 e. The van der Waals surface area contributed by atoms with Crippen LogP contribution in [-0.4, -0.2) is 36.5 Å². The molecule has 1 aliphatic heterocycles. The van der Waals surface area contributed by atoms with Crippen molar-refractivity contribution in [1.29, 1.82) is 0 Å². The van der Waals surface area contributed by atoms with E-state index in [2.05, 4.69) is 10.0 Å². The maximum absolute atomic E-state index is 11.0. The molecule has 100 valence electrons. The Morgan fingerprint density at radius 1 is 1.33 bits per heavy atom. The summed E-state index contributed by atoms with van der Waals surface area (Å²) in [6.07, 6.45) is -1.83. The number of hydrogen-bond donors (Lipinski definition) is 0. The molecule has 0 amide bonds. The lowest BCUT2D eigenvalue weighted by molar-refractivity contribution is -0.226. The monoisotopic (exact) mass is 257 g/mol. The van der Waals surface area contributed by atoms with Crippen LogP contribution < -0.4 is 0 Å². The number of rotatable bonds is 3. The molecular formula is C10H15N3O5. The lowest BCUT2D eigenvalue weighted by Crippen LogP contribution is -2.49. The first kappa shape index (κ1) is 14.3. The number of ether oxygens (including phenoxy) is 3. The predicted molar refractivity (Wildman–Crippen MR) is 59.2 cm³/mol. The molecule has 1 fully saturated rings. The van der Waals surface area contributed by atoms with Crippen molar-refractivity contribution in [2.24, 2.45) is 5.11 Å². The van der Waals surface area contributed by atoms with Gasteiger partial charge in [0.15, 0.2) is 0 Å². The predicted octanol–water partition coefficient (Wildman–Crippen LogP) is 1.29. The molecule has 0 radical (unpaired) electrons. The second-order valence-corrected chi connectivity index (χ2v) is 3.96. The van der Waals surface area contributed by atoms with Crippen LogP contribution in [0.15, 0.2) is 5.11 Å². The van der Waals surface area contributed by atoms with Crippen LogP contribution in [0.4, 0.5) is 0 Å². The highest BCUT2D eigenvalue weighted by Crippen LogP contribution is 2.26. The highest BCUT2D eigenvalue weighted by atomic mass is 16.7. The van der Waals surface area contributed by atoms with E-state index < -0.39 is 36.5 Å². The fraction of sp³-hybridized carbons (Fsp3) is 0.800. The first-order chi connectivity index (χ1) is 8.43. The Labute approximate surface area is 104 Å². The third kappa shape index (κ3) is 3.90. The van der Waals surface area contributed by atoms with Gasteiger partial charge in [-0.05, 0) is 12.5 Å². The Morgan fingerprint density at radius 2 is 1.94 bits per heavy atom. The molecule has 18 heavy (non-hydrogen) atoms. The number of nitrogens with zero attached hydrogens (tertiary/aromatic N) is 3. The molecule has 0 spiro atoms. The standard InChI is InChI=1S/C10H15N3O5/c1-5-10(18-7(3)15)8(12-13-11)4-9(16-5)17-6(2)14/h5,8-10H,4H2,1-3H3/t5-,8-,9-,10-/m1/s1. The van der Waals surface area contributed by atoms with Crippen LogP contribution in [0.2, 0.25) is 0 Å². The normalized spacial score (nSPS) is 31.1.